The van der Waals surface area contributed by atoms with Gasteiger partial charge in [-0.1, -0.05) is 43.6 Å². The predicted molar refractivity (Wildman–Crippen MR) is 89.6 cm³/mol. The number of benzene rings is 2. The van der Waals surface area contributed by atoms with Crippen LogP contribution in [0.25, 0.3) is 0 Å². The van der Waals surface area contributed by atoms with Gasteiger partial charge in [-0.25, -0.2) is 0 Å². The van der Waals surface area contributed by atoms with E-state index in [1.165, 1.54) is 5.56 Å². The molecule has 2 aromatic rings. The van der Waals surface area contributed by atoms with Crippen LogP contribution in [0.4, 0.5) is 0 Å². The fourth-order valence-corrected chi connectivity index (χ4v) is 2.40. The van der Waals surface area contributed by atoms with Gasteiger partial charge in [0.05, 0.1) is 5.02 Å². The molecule has 0 saturated heterocycles. The minimum Gasteiger partial charge on any atom is -0.456 e. The summed E-state index contributed by atoms with van der Waals surface area (Å²) >= 11 is 6.30. The van der Waals surface area contributed by atoms with E-state index in [1.54, 1.807) is 0 Å². The Morgan fingerprint density at radius 3 is 2.48 bits per heavy atom. The van der Waals surface area contributed by atoms with E-state index < -0.39 is 0 Å². The SMILES string of the molecule is Cc1ccc(C(C)C)cc1Oc1ccc(CCN)cc1Cl. The molecular formula is C18H22ClNO. The van der Waals surface area contributed by atoms with Crippen LogP contribution in [0.3, 0.4) is 0 Å². The second-order valence-corrected chi connectivity index (χ2v) is 5.99. The van der Waals surface area contributed by atoms with E-state index in [0.717, 1.165) is 23.3 Å². The third kappa shape index (κ3) is 3.99. The fraction of sp³-hybridized carbons (Fsp3) is 0.333. The Bertz CT molecular complexity index is 623. The molecule has 0 aliphatic carbocycles. The maximum absolute atomic E-state index is 6.30. The topological polar surface area (TPSA) is 35.2 Å². The summed E-state index contributed by atoms with van der Waals surface area (Å²) in [6.45, 7) is 6.99. The van der Waals surface area contributed by atoms with Crippen LogP contribution in [-0.2, 0) is 6.42 Å². The lowest BCUT2D eigenvalue weighted by atomic mass is 10.0. The summed E-state index contributed by atoms with van der Waals surface area (Å²) in [7, 11) is 0. The van der Waals surface area contributed by atoms with Crippen LogP contribution in [0.2, 0.25) is 5.02 Å². The summed E-state index contributed by atoms with van der Waals surface area (Å²) in [5.74, 6) is 2.01. The van der Waals surface area contributed by atoms with Gasteiger partial charge in [0.15, 0.2) is 0 Å². The highest BCUT2D eigenvalue weighted by Gasteiger charge is 2.09. The molecule has 0 spiro atoms. The summed E-state index contributed by atoms with van der Waals surface area (Å²) in [6, 6.07) is 12.2. The largest absolute Gasteiger partial charge is 0.456 e. The second kappa shape index (κ2) is 6.97. The van der Waals surface area contributed by atoms with Crippen LogP contribution < -0.4 is 10.5 Å². The van der Waals surface area contributed by atoms with Gasteiger partial charge in [-0.2, -0.15) is 0 Å². The average Bonchev–Trinajstić information content (AvgIpc) is 2.44. The Kier molecular flexibility index (Phi) is 5.27. The maximum Gasteiger partial charge on any atom is 0.146 e. The lowest BCUT2D eigenvalue weighted by Gasteiger charge is -2.14. The van der Waals surface area contributed by atoms with Crippen LogP contribution in [0.1, 0.15) is 36.5 Å². The first-order valence-corrected chi connectivity index (χ1v) is 7.66. The van der Waals surface area contributed by atoms with Gasteiger partial charge >= 0.3 is 0 Å². The molecule has 21 heavy (non-hydrogen) atoms. The van der Waals surface area contributed by atoms with Crippen molar-refractivity contribution in [1.29, 1.82) is 0 Å². The number of halogens is 1. The molecule has 2 aromatic carbocycles. The molecule has 3 heteroatoms. The van der Waals surface area contributed by atoms with Crippen molar-refractivity contribution in [3.63, 3.8) is 0 Å². The van der Waals surface area contributed by atoms with Gasteiger partial charge < -0.3 is 10.5 Å². The quantitative estimate of drug-likeness (QED) is 0.837. The van der Waals surface area contributed by atoms with E-state index in [9.17, 15) is 0 Å². The van der Waals surface area contributed by atoms with Crippen LogP contribution in [0, 0.1) is 6.92 Å². The van der Waals surface area contributed by atoms with Crippen molar-refractivity contribution >= 4 is 11.6 Å². The Labute approximate surface area is 131 Å². The smallest absolute Gasteiger partial charge is 0.146 e. The Balaban J connectivity index is 2.27. The van der Waals surface area contributed by atoms with Crippen molar-refractivity contribution in [2.75, 3.05) is 6.54 Å². The number of nitrogens with two attached hydrogens (primary N) is 1. The van der Waals surface area contributed by atoms with E-state index in [0.29, 0.717) is 23.2 Å². The molecule has 2 nitrogen and oxygen atoms in total. The Hall–Kier alpha value is -1.51. The molecule has 0 bridgehead atoms. The highest BCUT2D eigenvalue weighted by atomic mass is 35.5. The zero-order chi connectivity index (χ0) is 15.4. The van der Waals surface area contributed by atoms with E-state index in [-0.39, 0.29) is 0 Å². The average molecular weight is 304 g/mol. The summed E-state index contributed by atoms with van der Waals surface area (Å²) in [6.07, 6.45) is 0.821. The molecule has 0 saturated carbocycles. The van der Waals surface area contributed by atoms with Crippen LogP contribution >= 0.6 is 11.6 Å². The minimum atomic E-state index is 0.468. The molecule has 0 aromatic heterocycles. The first kappa shape index (κ1) is 15.9. The number of aryl methyl sites for hydroxylation is 1. The van der Waals surface area contributed by atoms with Gasteiger partial charge in [-0.3, -0.25) is 0 Å². The van der Waals surface area contributed by atoms with Crippen LogP contribution in [0.5, 0.6) is 11.5 Å². The number of ether oxygens (including phenoxy) is 1. The molecule has 0 unspecified atom stereocenters. The summed E-state index contributed by atoms with van der Waals surface area (Å²) < 4.78 is 6.00. The standard InChI is InChI=1S/C18H22ClNO/c1-12(2)15-6-4-13(3)18(11-15)21-17-7-5-14(8-9-20)10-16(17)19/h4-7,10-12H,8-9,20H2,1-3H3. The predicted octanol–water partition coefficient (Wildman–Crippen LogP) is 5.07. The highest BCUT2D eigenvalue weighted by Crippen LogP contribution is 2.33. The zero-order valence-electron chi connectivity index (χ0n) is 12.8. The van der Waals surface area contributed by atoms with Gasteiger partial charge in [-0.05, 0) is 60.7 Å². The lowest BCUT2D eigenvalue weighted by molar-refractivity contribution is 0.478. The van der Waals surface area contributed by atoms with Gasteiger partial charge in [0.25, 0.3) is 0 Å². The van der Waals surface area contributed by atoms with Crippen molar-refractivity contribution in [2.45, 2.75) is 33.1 Å². The monoisotopic (exact) mass is 303 g/mol. The fourth-order valence-electron chi connectivity index (χ4n) is 2.15. The van der Waals surface area contributed by atoms with E-state index >= 15 is 0 Å². The maximum atomic E-state index is 6.30. The van der Waals surface area contributed by atoms with Gasteiger partial charge in [0.1, 0.15) is 11.5 Å². The molecule has 0 aliphatic rings. The van der Waals surface area contributed by atoms with Crippen molar-refractivity contribution < 1.29 is 4.74 Å². The molecule has 0 atom stereocenters. The van der Waals surface area contributed by atoms with Crippen LogP contribution in [0.15, 0.2) is 36.4 Å². The molecule has 0 aliphatic heterocycles. The number of hydrogen-bond acceptors (Lipinski definition) is 2. The zero-order valence-corrected chi connectivity index (χ0v) is 13.6. The highest BCUT2D eigenvalue weighted by molar-refractivity contribution is 6.32. The van der Waals surface area contributed by atoms with Crippen LogP contribution in [-0.4, -0.2) is 6.54 Å². The molecule has 2 rings (SSSR count). The van der Waals surface area contributed by atoms with E-state index in [1.807, 2.05) is 25.1 Å². The van der Waals surface area contributed by atoms with Gasteiger partial charge in [-0.15, -0.1) is 0 Å². The van der Waals surface area contributed by atoms with E-state index in [2.05, 4.69) is 32.0 Å². The van der Waals surface area contributed by atoms with Gasteiger partial charge in [0, 0.05) is 0 Å². The second-order valence-electron chi connectivity index (χ2n) is 5.59. The molecule has 0 radical (unpaired) electrons. The van der Waals surface area contributed by atoms with Crippen molar-refractivity contribution in [2.24, 2.45) is 5.73 Å². The Morgan fingerprint density at radius 2 is 1.86 bits per heavy atom. The third-order valence-electron chi connectivity index (χ3n) is 3.53. The Morgan fingerprint density at radius 1 is 1.10 bits per heavy atom. The first-order chi connectivity index (χ1) is 10.0. The molecule has 112 valence electrons. The summed E-state index contributed by atoms with van der Waals surface area (Å²) in [4.78, 5) is 0. The van der Waals surface area contributed by atoms with Crippen molar-refractivity contribution in [3.8, 4) is 11.5 Å². The molecule has 0 fully saturated rings. The number of rotatable bonds is 5. The molecule has 0 heterocycles. The normalized spacial score (nSPS) is 11.0. The molecular weight excluding hydrogens is 282 g/mol. The van der Waals surface area contributed by atoms with Crippen molar-refractivity contribution in [3.05, 3.63) is 58.1 Å². The third-order valence-corrected chi connectivity index (χ3v) is 3.82. The molecule has 2 N–H and O–H groups in total. The summed E-state index contributed by atoms with van der Waals surface area (Å²) in [5, 5.41) is 0.621. The van der Waals surface area contributed by atoms with Crippen molar-refractivity contribution in [1.82, 2.24) is 0 Å². The first-order valence-electron chi connectivity index (χ1n) is 7.28. The summed E-state index contributed by atoms with van der Waals surface area (Å²) in [5.41, 5.74) is 9.04. The molecule has 0 amide bonds. The number of hydrogen-bond donors (Lipinski definition) is 1. The van der Waals surface area contributed by atoms with Gasteiger partial charge in [0.2, 0.25) is 0 Å². The van der Waals surface area contributed by atoms with E-state index in [4.69, 9.17) is 22.1 Å². The minimum absolute atomic E-state index is 0.468. The lowest BCUT2D eigenvalue weighted by Crippen LogP contribution is -2.02.